The zero-order chi connectivity index (χ0) is 34.0. The van der Waals surface area contributed by atoms with Crippen LogP contribution < -0.4 is 33.2 Å². The lowest BCUT2D eigenvalue weighted by Crippen LogP contribution is -2.55. The van der Waals surface area contributed by atoms with E-state index in [4.69, 9.17) is 32.2 Å². The smallest absolute Gasteiger partial charge is 0.481 e. The van der Waals surface area contributed by atoms with Crippen LogP contribution in [0.25, 0.3) is 0 Å². The Morgan fingerprint density at radius 2 is 1.43 bits per heavy atom. The van der Waals surface area contributed by atoms with E-state index in [1.165, 1.54) is 0 Å². The number of rotatable bonds is 16. The van der Waals surface area contributed by atoms with E-state index in [0.717, 1.165) is 0 Å². The molecule has 20 heteroatoms. The molecule has 44 heavy (non-hydrogen) atoms. The monoisotopic (exact) mass is 639 g/mol. The topological polar surface area (TPSA) is 290 Å². The summed E-state index contributed by atoms with van der Waals surface area (Å²) in [6.45, 7) is -0.558. The molecule has 0 fully saturated rings. The fourth-order valence-electron chi connectivity index (χ4n) is 3.03. The van der Waals surface area contributed by atoms with Crippen LogP contribution in [0.1, 0.15) is 24.8 Å². The molecule has 0 aliphatic carbocycles. The van der Waals surface area contributed by atoms with E-state index >= 15 is 0 Å². The number of carboxylic acids is 3. The van der Waals surface area contributed by atoms with Gasteiger partial charge in [0.1, 0.15) is 12.1 Å². The third kappa shape index (κ3) is 17.1. The van der Waals surface area contributed by atoms with Crippen molar-refractivity contribution in [2.45, 2.75) is 56.2 Å². The fraction of sp³-hybridized carbons (Fsp3) is 0.458. The number of hydrogen-bond acceptors (Lipinski definition) is 8. The maximum absolute atomic E-state index is 14.4. The van der Waals surface area contributed by atoms with Gasteiger partial charge in [-0.15, -0.1) is 0 Å². The summed E-state index contributed by atoms with van der Waals surface area (Å²) in [5.41, 5.74) is 16.6. The zero-order valence-electron chi connectivity index (χ0n) is 22.9. The molecule has 0 bridgehead atoms. The first-order valence-electron chi connectivity index (χ1n) is 12.5. The van der Waals surface area contributed by atoms with Gasteiger partial charge in [-0.1, -0.05) is 30.3 Å². The molecule has 0 heterocycles. The summed E-state index contributed by atoms with van der Waals surface area (Å²) in [4.78, 5) is 72.2. The van der Waals surface area contributed by atoms with Crippen molar-refractivity contribution in [1.29, 1.82) is 0 Å². The number of carboxylic acid groups (broad SMARTS) is 3. The number of aliphatic imine (C=N–C) groups is 1. The Morgan fingerprint density at radius 1 is 0.886 bits per heavy atom. The second kappa shape index (κ2) is 19.2. The Labute approximate surface area is 247 Å². The molecule has 0 aliphatic heterocycles. The number of alkyl halides is 4. The molecule has 4 atom stereocenters. The van der Waals surface area contributed by atoms with Crippen LogP contribution in [0.15, 0.2) is 35.3 Å². The Morgan fingerprint density at radius 3 is 1.91 bits per heavy atom. The van der Waals surface area contributed by atoms with Gasteiger partial charge in [-0.3, -0.25) is 24.2 Å². The highest BCUT2D eigenvalue weighted by Gasteiger charge is 2.38. The van der Waals surface area contributed by atoms with Crippen LogP contribution >= 0.6 is 0 Å². The summed E-state index contributed by atoms with van der Waals surface area (Å²) in [6.07, 6.45) is -7.92. The van der Waals surface area contributed by atoms with Gasteiger partial charge in [-0.05, 0) is 18.4 Å². The number of amides is 3. The minimum Gasteiger partial charge on any atom is -0.481 e. The summed E-state index contributed by atoms with van der Waals surface area (Å²) in [5.74, 6) is -9.01. The quantitative estimate of drug-likeness (QED) is 0.0420. The molecule has 0 aromatic heterocycles. The number of benzene rings is 1. The van der Waals surface area contributed by atoms with Crippen molar-refractivity contribution in [3.8, 4) is 0 Å². The average molecular weight is 640 g/mol. The summed E-state index contributed by atoms with van der Waals surface area (Å²) < 4.78 is 46.1. The van der Waals surface area contributed by atoms with E-state index in [1.54, 1.807) is 30.3 Å². The van der Waals surface area contributed by atoms with E-state index in [0.29, 0.717) is 12.0 Å². The van der Waals surface area contributed by atoms with Crippen molar-refractivity contribution in [1.82, 2.24) is 16.0 Å². The maximum Gasteiger partial charge on any atom is 0.490 e. The van der Waals surface area contributed by atoms with Gasteiger partial charge in [0.05, 0.1) is 19.0 Å². The largest absolute Gasteiger partial charge is 0.490 e. The predicted molar refractivity (Wildman–Crippen MR) is 143 cm³/mol. The highest BCUT2D eigenvalue weighted by Crippen LogP contribution is 2.13. The molecule has 1 rings (SSSR count). The van der Waals surface area contributed by atoms with Gasteiger partial charge in [0.15, 0.2) is 12.1 Å². The first-order chi connectivity index (χ1) is 20.3. The number of carbonyl (C=O) groups is 6. The van der Waals surface area contributed by atoms with Crippen LogP contribution in [0.5, 0.6) is 0 Å². The molecule has 246 valence electrons. The molecule has 0 radical (unpaired) electrons. The summed E-state index contributed by atoms with van der Waals surface area (Å²) in [7, 11) is 0. The molecule has 1 aromatic carbocycles. The Kier molecular flexibility index (Phi) is 17.0. The molecular formula is C24H33F4N7O9. The number of halogens is 4. The minimum atomic E-state index is -5.08. The molecule has 0 saturated heterocycles. The van der Waals surface area contributed by atoms with Crippen LogP contribution in [0.4, 0.5) is 17.6 Å². The van der Waals surface area contributed by atoms with Crippen LogP contribution in [0, 0.1) is 0 Å². The van der Waals surface area contributed by atoms with E-state index in [9.17, 15) is 46.6 Å². The molecule has 3 amide bonds. The van der Waals surface area contributed by atoms with Crippen molar-refractivity contribution in [2.24, 2.45) is 22.2 Å². The van der Waals surface area contributed by atoms with E-state index in [2.05, 4.69) is 15.6 Å². The van der Waals surface area contributed by atoms with Gasteiger partial charge in [0.2, 0.25) is 11.8 Å². The average Bonchev–Trinajstić information content (AvgIpc) is 2.92. The summed E-state index contributed by atoms with van der Waals surface area (Å²) in [5, 5.41) is 31.9. The maximum atomic E-state index is 14.4. The SMILES string of the molecule is NC(N)=NCCC[C@H](N)C(=O)NC[C@H](F)C(=O)N[C@@H](CC(=O)O)C(=O)N[C@@H](Cc1ccccc1)C(=O)O.O=C(O)C(F)(F)F. The lowest BCUT2D eigenvalue weighted by molar-refractivity contribution is -0.192. The molecule has 16 nitrogen and oxygen atoms in total. The fourth-order valence-corrected chi connectivity index (χ4v) is 3.03. The Hall–Kier alpha value is -5.01. The summed E-state index contributed by atoms with van der Waals surface area (Å²) in [6, 6.07) is 4.10. The van der Waals surface area contributed by atoms with Crippen molar-refractivity contribution >= 4 is 41.6 Å². The Bertz CT molecular complexity index is 1170. The van der Waals surface area contributed by atoms with Crippen LogP contribution in [-0.2, 0) is 35.2 Å². The second-order valence-electron chi connectivity index (χ2n) is 8.82. The van der Waals surface area contributed by atoms with Gasteiger partial charge in [-0.25, -0.2) is 14.0 Å². The third-order valence-corrected chi connectivity index (χ3v) is 5.20. The molecule has 12 N–H and O–H groups in total. The minimum absolute atomic E-state index is 0.111. The molecule has 0 spiro atoms. The van der Waals surface area contributed by atoms with Gasteiger partial charge in [-0.2, -0.15) is 13.2 Å². The lowest BCUT2D eigenvalue weighted by atomic mass is 10.1. The first-order valence-corrected chi connectivity index (χ1v) is 12.5. The zero-order valence-corrected chi connectivity index (χ0v) is 22.9. The highest BCUT2D eigenvalue weighted by molar-refractivity contribution is 5.94. The number of aliphatic carboxylic acids is 3. The van der Waals surface area contributed by atoms with Gasteiger partial charge >= 0.3 is 24.1 Å². The second-order valence-corrected chi connectivity index (χ2v) is 8.82. The summed E-state index contributed by atoms with van der Waals surface area (Å²) >= 11 is 0. The Balaban J connectivity index is 0.00000234. The number of nitrogens with one attached hydrogen (secondary N) is 3. The molecule has 0 saturated carbocycles. The lowest BCUT2D eigenvalue weighted by Gasteiger charge is -2.21. The standard InChI is InChI=1S/C22H32FN7O7.C2HF3O2/c23-13(11-28-19(34)14(24)7-4-8-27-22(25)26)18(33)29-15(10-17(31)32)20(35)30-16(21(36)37)9-12-5-2-1-3-6-12;3-2(4,5)1(6)7/h1-3,5-6,13-16H,4,7-11,24H2,(H,28,34)(H,29,33)(H,30,35)(H,31,32)(H,36,37)(H4,25,26,27);(H,6,7)/t13-,14-,15-,16-;/m0./s1. The van der Waals surface area contributed by atoms with Crippen molar-refractivity contribution in [3.05, 3.63) is 35.9 Å². The van der Waals surface area contributed by atoms with Crippen LogP contribution in [0.3, 0.4) is 0 Å². The number of nitrogens with zero attached hydrogens (tertiary/aromatic N) is 1. The van der Waals surface area contributed by atoms with Gasteiger partial charge in [0, 0.05) is 13.0 Å². The molecule has 1 aromatic rings. The highest BCUT2D eigenvalue weighted by atomic mass is 19.4. The van der Waals surface area contributed by atoms with Crippen molar-refractivity contribution < 1.29 is 61.6 Å². The molecule has 0 aliphatic rings. The van der Waals surface area contributed by atoms with Crippen molar-refractivity contribution in [3.63, 3.8) is 0 Å². The normalized spacial score (nSPS) is 13.4. The number of nitrogens with two attached hydrogens (primary N) is 3. The number of guanidine groups is 1. The molecular weight excluding hydrogens is 606 g/mol. The number of carbonyl (C=O) groups excluding carboxylic acids is 3. The van der Waals surface area contributed by atoms with Gasteiger partial charge < -0.3 is 48.5 Å². The van der Waals surface area contributed by atoms with E-state index in [1.807, 2.05) is 5.32 Å². The first kappa shape index (κ1) is 39.0. The van der Waals surface area contributed by atoms with E-state index in [-0.39, 0.29) is 25.3 Å². The van der Waals surface area contributed by atoms with Crippen LogP contribution in [0.2, 0.25) is 0 Å². The van der Waals surface area contributed by atoms with Crippen LogP contribution in [-0.4, -0.2) is 100 Å². The number of hydrogen-bond donors (Lipinski definition) is 9. The molecule has 0 unspecified atom stereocenters. The van der Waals surface area contributed by atoms with Gasteiger partial charge in [0.25, 0.3) is 5.91 Å². The van der Waals surface area contributed by atoms with Crippen molar-refractivity contribution in [2.75, 3.05) is 13.1 Å². The van der Waals surface area contributed by atoms with E-state index < -0.39 is 79.1 Å². The third-order valence-electron chi connectivity index (χ3n) is 5.20. The predicted octanol–water partition coefficient (Wildman–Crippen LogP) is -1.77.